The molecule has 0 aromatic heterocycles. The fourth-order valence-corrected chi connectivity index (χ4v) is 4.27. The summed E-state index contributed by atoms with van der Waals surface area (Å²) in [5, 5.41) is 2.76. The van der Waals surface area contributed by atoms with E-state index in [1.807, 2.05) is 37.3 Å². The van der Waals surface area contributed by atoms with Gasteiger partial charge in [0.2, 0.25) is 0 Å². The van der Waals surface area contributed by atoms with Crippen LogP contribution in [0.4, 0.5) is 11.4 Å². The van der Waals surface area contributed by atoms with E-state index in [2.05, 4.69) is 29.3 Å². The van der Waals surface area contributed by atoms with Gasteiger partial charge in [-0.15, -0.1) is 0 Å². The zero-order chi connectivity index (χ0) is 21.3. The second-order valence-electron chi connectivity index (χ2n) is 7.78. The van der Waals surface area contributed by atoms with Gasteiger partial charge in [0.25, 0.3) is 11.8 Å². The van der Waals surface area contributed by atoms with Crippen molar-refractivity contribution in [2.24, 2.45) is 0 Å². The minimum absolute atomic E-state index is 0.0888. The largest absolute Gasteiger partial charge is 0.371 e. The van der Waals surface area contributed by atoms with Gasteiger partial charge in [-0.05, 0) is 79.0 Å². The van der Waals surface area contributed by atoms with Gasteiger partial charge in [-0.2, -0.15) is 0 Å². The van der Waals surface area contributed by atoms with E-state index in [-0.39, 0.29) is 10.7 Å². The Balaban J connectivity index is 1.63. The Labute approximate surface area is 182 Å². The summed E-state index contributed by atoms with van der Waals surface area (Å²) in [6.07, 6.45) is 4.99. The number of amides is 2. The first kappa shape index (κ1) is 20.3. The van der Waals surface area contributed by atoms with E-state index in [0.717, 1.165) is 30.6 Å². The van der Waals surface area contributed by atoms with Crippen molar-refractivity contribution in [1.29, 1.82) is 0 Å². The van der Waals surface area contributed by atoms with E-state index in [4.69, 9.17) is 12.2 Å². The second-order valence-corrected chi connectivity index (χ2v) is 8.16. The summed E-state index contributed by atoms with van der Waals surface area (Å²) in [7, 11) is 0. The van der Waals surface area contributed by atoms with Crippen LogP contribution in [0.15, 0.2) is 48.0 Å². The number of aryl methyl sites for hydroxylation is 1. The minimum Gasteiger partial charge on any atom is -0.371 e. The number of nitrogens with zero attached hydrogens (tertiary/aromatic N) is 2. The zero-order valence-electron chi connectivity index (χ0n) is 17.3. The van der Waals surface area contributed by atoms with Crippen molar-refractivity contribution in [2.45, 2.75) is 33.1 Å². The number of fused-ring (bicyclic) bond motifs is 1. The van der Waals surface area contributed by atoms with Gasteiger partial charge in [-0.3, -0.25) is 19.8 Å². The van der Waals surface area contributed by atoms with E-state index >= 15 is 0 Å². The summed E-state index contributed by atoms with van der Waals surface area (Å²) in [5.41, 5.74) is 5.11. The highest BCUT2D eigenvalue weighted by Crippen LogP contribution is 2.30. The molecule has 30 heavy (non-hydrogen) atoms. The first-order valence-corrected chi connectivity index (χ1v) is 10.7. The molecule has 0 radical (unpaired) electrons. The molecule has 2 amide bonds. The maximum absolute atomic E-state index is 13.2. The van der Waals surface area contributed by atoms with E-state index in [9.17, 15) is 9.59 Å². The van der Waals surface area contributed by atoms with Gasteiger partial charge in [0.15, 0.2) is 5.11 Å². The van der Waals surface area contributed by atoms with Crippen molar-refractivity contribution < 1.29 is 9.59 Å². The van der Waals surface area contributed by atoms with E-state index < -0.39 is 11.8 Å². The Kier molecular flexibility index (Phi) is 5.68. The lowest BCUT2D eigenvalue weighted by Gasteiger charge is -2.29. The smallest absolute Gasteiger partial charge is 0.270 e. The number of nitrogens with one attached hydrogen (secondary N) is 1. The van der Waals surface area contributed by atoms with Crippen molar-refractivity contribution >= 4 is 46.6 Å². The number of hydrogen-bond acceptors (Lipinski definition) is 4. The third-order valence-electron chi connectivity index (χ3n) is 5.55. The van der Waals surface area contributed by atoms with Crippen LogP contribution in [0.5, 0.6) is 0 Å². The Morgan fingerprint density at radius 1 is 1.17 bits per heavy atom. The van der Waals surface area contributed by atoms with Gasteiger partial charge in [-0.1, -0.05) is 31.5 Å². The van der Waals surface area contributed by atoms with Crippen LogP contribution in [0.3, 0.4) is 0 Å². The van der Waals surface area contributed by atoms with Crippen molar-refractivity contribution in [2.75, 3.05) is 22.9 Å². The Morgan fingerprint density at radius 3 is 2.77 bits per heavy atom. The topological polar surface area (TPSA) is 52.7 Å². The summed E-state index contributed by atoms with van der Waals surface area (Å²) in [4.78, 5) is 29.5. The summed E-state index contributed by atoms with van der Waals surface area (Å²) < 4.78 is 0. The van der Waals surface area contributed by atoms with Gasteiger partial charge < -0.3 is 4.90 Å². The van der Waals surface area contributed by atoms with Crippen LogP contribution in [0.2, 0.25) is 0 Å². The molecule has 0 aliphatic carbocycles. The van der Waals surface area contributed by atoms with E-state index in [1.54, 1.807) is 6.08 Å². The SMILES string of the molecule is CCCCN1CCc2cc(C=C3C(=O)NC(=S)N(c4cccc(C)c4)C3=O)ccc21. The molecular formula is C24H25N3O2S. The molecular weight excluding hydrogens is 394 g/mol. The van der Waals surface area contributed by atoms with Gasteiger partial charge in [0.05, 0.1) is 5.69 Å². The molecule has 2 aliphatic heterocycles. The number of unbranched alkanes of at least 4 members (excludes halogenated alkanes) is 1. The van der Waals surface area contributed by atoms with Crippen LogP contribution in [0, 0.1) is 6.92 Å². The summed E-state index contributed by atoms with van der Waals surface area (Å²) in [6, 6.07) is 13.7. The van der Waals surface area contributed by atoms with Crippen molar-refractivity contribution in [3.05, 3.63) is 64.7 Å². The highest BCUT2D eigenvalue weighted by molar-refractivity contribution is 7.80. The highest BCUT2D eigenvalue weighted by atomic mass is 32.1. The number of hydrogen-bond donors (Lipinski definition) is 1. The number of benzene rings is 2. The Bertz CT molecular complexity index is 1060. The lowest BCUT2D eigenvalue weighted by Crippen LogP contribution is -2.54. The molecule has 4 rings (SSSR count). The number of thiocarbonyl (C=S) groups is 1. The Morgan fingerprint density at radius 2 is 2.00 bits per heavy atom. The quantitative estimate of drug-likeness (QED) is 0.452. The molecule has 0 saturated carbocycles. The summed E-state index contributed by atoms with van der Waals surface area (Å²) in [5.74, 6) is -0.863. The normalized spacial score (nSPS) is 17.5. The van der Waals surface area contributed by atoms with Crippen LogP contribution < -0.4 is 15.1 Å². The van der Waals surface area contributed by atoms with Crippen LogP contribution in [-0.2, 0) is 16.0 Å². The zero-order valence-corrected chi connectivity index (χ0v) is 18.1. The number of anilines is 2. The predicted molar refractivity (Wildman–Crippen MR) is 125 cm³/mol. The standard InChI is InChI=1S/C24H25N3O2S/c1-3-4-11-26-12-10-18-14-17(8-9-21(18)26)15-20-22(28)25-24(30)27(23(20)29)19-7-5-6-16(2)13-19/h5-9,13-15H,3-4,10-12H2,1-2H3,(H,25,28,30). The molecule has 5 nitrogen and oxygen atoms in total. The van der Waals surface area contributed by atoms with Crippen molar-refractivity contribution in [3.8, 4) is 0 Å². The monoisotopic (exact) mass is 419 g/mol. The average Bonchev–Trinajstić information content (AvgIpc) is 3.11. The first-order chi connectivity index (χ1) is 14.5. The molecule has 0 spiro atoms. The average molecular weight is 420 g/mol. The number of rotatable bonds is 5. The second kappa shape index (κ2) is 8.40. The molecule has 0 unspecified atom stereocenters. The third kappa shape index (κ3) is 3.87. The molecule has 2 aromatic rings. The first-order valence-electron chi connectivity index (χ1n) is 10.3. The van der Waals surface area contributed by atoms with E-state index in [1.165, 1.54) is 29.0 Å². The lowest BCUT2D eigenvalue weighted by molar-refractivity contribution is -0.122. The van der Waals surface area contributed by atoms with Crippen molar-refractivity contribution in [1.82, 2.24) is 5.32 Å². The van der Waals surface area contributed by atoms with Gasteiger partial charge in [-0.25, -0.2) is 0 Å². The molecule has 2 aliphatic rings. The molecule has 2 heterocycles. The summed E-state index contributed by atoms with van der Waals surface area (Å²) in [6.45, 7) is 6.23. The molecule has 1 fully saturated rings. The molecule has 1 saturated heterocycles. The molecule has 0 bridgehead atoms. The number of carbonyl (C=O) groups excluding carboxylic acids is 2. The Hall–Kier alpha value is -2.99. The van der Waals surface area contributed by atoms with Gasteiger partial charge in [0.1, 0.15) is 5.57 Å². The molecule has 154 valence electrons. The maximum atomic E-state index is 13.2. The predicted octanol–water partition coefficient (Wildman–Crippen LogP) is 3.99. The van der Waals surface area contributed by atoms with Gasteiger partial charge >= 0.3 is 0 Å². The summed E-state index contributed by atoms with van der Waals surface area (Å²) >= 11 is 5.28. The molecule has 1 N–H and O–H groups in total. The van der Waals surface area contributed by atoms with Gasteiger partial charge in [0, 0.05) is 18.8 Å². The maximum Gasteiger partial charge on any atom is 0.270 e. The minimum atomic E-state index is -0.459. The highest BCUT2D eigenvalue weighted by Gasteiger charge is 2.34. The fourth-order valence-electron chi connectivity index (χ4n) is 3.99. The van der Waals surface area contributed by atoms with Crippen LogP contribution in [0.1, 0.15) is 36.5 Å². The lowest BCUT2D eigenvalue weighted by atomic mass is 10.0. The van der Waals surface area contributed by atoms with Crippen LogP contribution >= 0.6 is 12.2 Å². The van der Waals surface area contributed by atoms with Crippen molar-refractivity contribution in [3.63, 3.8) is 0 Å². The fraction of sp³-hybridized carbons (Fsp3) is 0.292. The van der Waals surface area contributed by atoms with E-state index in [0.29, 0.717) is 5.69 Å². The molecule has 0 atom stereocenters. The van der Waals surface area contributed by atoms with Crippen LogP contribution in [0.25, 0.3) is 6.08 Å². The number of carbonyl (C=O) groups is 2. The van der Waals surface area contributed by atoms with Crippen LogP contribution in [-0.4, -0.2) is 30.0 Å². The molecule has 6 heteroatoms. The molecule has 2 aromatic carbocycles. The third-order valence-corrected chi connectivity index (χ3v) is 5.83.